The third-order valence-corrected chi connectivity index (χ3v) is 3.67. The first-order chi connectivity index (χ1) is 9.40. The zero-order valence-corrected chi connectivity index (χ0v) is 12.4. The predicted octanol–water partition coefficient (Wildman–Crippen LogP) is 3.22. The van der Waals surface area contributed by atoms with Gasteiger partial charge in [0.25, 0.3) is 5.91 Å². The number of benzene rings is 1. The summed E-state index contributed by atoms with van der Waals surface area (Å²) >= 11 is 5.91. The van der Waals surface area contributed by atoms with Crippen molar-refractivity contribution in [3.05, 3.63) is 52.8 Å². The SMILES string of the molecule is CC(c1ccc(O)cc1)N(C)C(=O)c1cc(Cl)cn1C. The number of phenolic OH excluding ortho intramolecular Hbond substituents is 1. The third-order valence-electron chi connectivity index (χ3n) is 3.47. The van der Waals surface area contributed by atoms with E-state index in [-0.39, 0.29) is 17.7 Å². The van der Waals surface area contributed by atoms with Crippen LogP contribution in [-0.2, 0) is 7.05 Å². The van der Waals surface area contributed by atoms with Crippen molar-refractivity contribution in [2.75, 3.05) is 7.05 Å². The van der Waals surface area contributed by atoms with Gasteiger partial charge in [0.1, 0.15) is 11.4 Å². The molecular weight excluding hydrogens is 276 g/mol. The summed E-state index contributed by atoms with van der Waals surface area (Å²) in [5.74, 6) is 0.115. The van der Waals surface area contributed by atoms with E-state index in [9.17, 15) is 9.90 Å². The van der Waals surface area contributed by atoms with Gasteiger partial charge >= 0.3 is 0 Å². The van der Waals surface area contributed by atoms with Gasteiger partial charge in [-0.05, 0) is 30.7 Å². The number of phenols is 1. The molecule has 0 bridgehead atoms. The molecule has 0 saturated carbocycles. The van der Waals surface area contributed by atoms with Crippen LogP contribution in [-0.4, -0.2) is 27.5 Å². The molecule has 1 heterocycles. The Morgan fingerprint density at radius 1 is 1.35 bits per heavy atom. The van der Waals surface area contributed by atoms with Crippen LogP contribution in [0.4, 0.5) is 0 Å². The summed E-state index contributed by atoms with van der Waals surface area (Å²) in [6, 6.07) is 8.40. The summed E-state index contributed by atoms with van der Waals surface area (Å²) in [5, 5.41) is 9.85. The maximum absolute atomic E-state index is 12.5. The van der Waals surface area contributed by atoms with Crippen molar-refractivity contribution in [3.63, 3.8) is 0 Å². The van der Waals surface area contributed by atoms with E-state index in [1.165, 1.54) is 0 Å². The molecule has 0 saturated heterocycles. The lowest BCUT2D eigenvalue weighted by atomic mass is 10.1. The maximum atomic E-state index is 12.5. The number of halogens is 1. The molecule has 106 valence electrons. The van der Waals surface area contributed by atoms with Gasteiger partial charge in [-0.1, -0.05) is 23.7 Å². The smallest absolute Gasteiger partial charge is 0.270 e. The van der Waals surface area contributed by atoms with Gasteiger partial charge < -0.3 is 14.6 Å². The largest absolute Gasteiger partial charge is 0.508 e. The van der Waals surface area contributed by atoms with Crippen molar-refractivity contribution in [2.45, 2.75) is 13.0 Å². The number of rotatable bonds is 3. The zero-order valence-electron chi connectivity index (χ0n) is 11.7. The Morgan fingerprint density at radius 2 is 1.95 bits per heavy atom. The number of aromatic nitrogens is 1. The summed E-state index contributed by atoms with van der Waals surface area (Å²) in [5.41, 5.74) is 1.50. The van der Waals surface area contributed by atoms with E-state index in [4.69, 9.17) is 11.6 Å². The van der Waals surface area contributed by atoms with E-state index in [1.54, 1.807) is 48.0 Å². The summed E-state index contributed by atoms with van der Waals surface area (Å²) in [4.78, 5) is 14.1. The first kappa shape index (κ1) is 14.5. The number of nitrogens with zero attached hydrogens (tertiary/aromatic N) is 2. The molecule has 1 N–H and O–H groups in total. The molecule has 0 aliphatic carbocycles. The molecule has 20 heavy (non-hydrogen) atoms. The van der Waals surface area contributed by atoms with Crippen LogP contribution in [0.15, 0.2) is 36.5 Å². The Morgan fingerprint density at radius 3 is 2.45 bits per heavy atom. The van der Waals surface area contributed by atoms with Crippen LogP contribution in [0.2, 0.25) is 5.02 Å². The topological polar surface area (TPSA) is 45.5 Å². The van der Waals surface area contributed by atoms with Gasteiger partial charge in [0, 0.05) is 20.3 Å². The van der Waals surface area contributed by atoms with Gasteiger partial charge in [0.15, 0.2) is 0 Å². The van der Waals surface area contributed by atoms with Crippen LogP contribution in [0.5, 0.6) is 5.75 Å². The second-order valence-corrected chi connectivity index (χ2v) is 5.27. The third kappa shape index (κ3) is 2.80. The quantitative estimate of drug-likeness (QED) is 0.944. The fraction of sp³-hybridized carbons (Fsp3) is 0.267. The molecule has 1 amide bonds. The Hall–Kier alpha value is -1.94. The van der Waals surface area contributed by atoms with Gasteiger partial charge in [-0.2, -0.15) is 0 Å². The second-order valence-electron chi connectivity index (χ2n) is 4.84. The normalized spacial score (nSPS) is 12.2. The Kier molecular flexibility index (Phi) is 4.04. The van der Waals surface area contributed by atoms with Crippen LogP contribution in [0.1, 0.15) is 29.0 Å². The van der Waals surface area contributed by atoms with E-state index in [0.717, 1.165) is 5.56 Å². The second kappa shape index (κ2) is 5.59. The van der Waals surface area contributed by atoms with Crippen LogP contribution in [0.3, 0.4) is 0 Å². The van der Waals surface area contributed by atoms with Gasteiger partial charge in [0.05, 0.1) is 11.1 Å². The maximum Gasteiger partial charge on any atom is 0.270 e. The van der Waals surface area contributed by atoms with Crippen LogP contribution >= 0.6 is 11.6 Å². The number of amides is 1. The highest BCUT2D eigenvalue weighted by molar-refractivity contribution is 6.31. The summed E-state index contributed by atoms with van der Waals surface area (Å²) < 4.78 is 1.71. The van der Waals surface area contributed by atoms with Crippen LogP contribution < -0.4 is 0 Å². The Balaban J connectivity index is 2.22. The number of aromatic hydroxyl groups is 1. The van der Waals surface area contributed by atoms with Crippen LogP contribution in [0.25, 0.3) is 0 Å². The van der Waals surface area contributed by atoms with Crippen molar-refractivity contribution < 1.29 is 9.90 Å². The molecule has 0 fully saturated rings. The fourth-order valence-corrected chi connectivity index (χ4v) is 2.32. The highest BCUT2D eigenvalue weighted by Gasteiger charge is 2.21. The molecule has 2 aromatic rings. The zero-order chi connectivity index (χ0) is 14.9. The number of hydrogen-bond donors (Lipinski definition) is 1. The van der Waals surface area contributed by atoms with Crippen molar-refractivity contribution in [1.29, 1.82) is 0 Å². The first-order valence-electron chi connectivity index (χ1n) is 6.28. The molecule has 4 nitrogen and oxygen atoms in total. The van der Waals surface area contributed by atoms with E-state index >= 15 is 0 Å². The molecule has 5 heteroatoms. The predicted molar refractivity (Wildman–Crippen MR) is 79.0 cm³/mol. The molecule has 0 radical (unpaired) electrons. The highest BCUT2D eigenvalue weighted by Crippen LogP contribution is 2.23. The summed E-state index contributed by atoms with van der Waals surface area (Å²) in [6.45, 7) is 1.94. The molecule has 1 aromatic carbocycles. The molecule has 0 spiro atoms. The minimum Gasteiger partial charge on any atom is -0.508 e. The lowest BCUT2D eigenvalue weighted by Gasteiger charge is -2.25. The monoisotopic (exact) mass is 292 g/mol. The van der Waals surface area contributed by atoms with Crippen LogP contribution in [0, 0.1) is 0 Å². The van der Waals surface area contributed by atoms with Gasteiger partial charge in [-0.15, -0.1) is 0 Å². The fourth-order valence-electron chi connectivity index (χ4n) is 2.07. The first-order valence-corrected chi connectivity index (χ1v) is 6.66. The van der Waals surface area contributed by atoms with Crippen molar-refractivity contribution >= 4 is 17.5 Å². The van der Waals surface area contributed by atoms with E-state index in [0.29, 0.717) is 10.7 Å². The lowest BCUT2D eigenvalue weighted by molar-refractivity contribution is 0.0733. The number of carbonyl (C=O) groups is 1. The standard InChI is InChI=1S/C15H17ClN2O2/c1-10(11-4-6-13(19)7-5-11)18(3)15(20)14-8-12(16)9-17(14)2/h4-10,19H,1-3H3. The van der Waals surface area contributed by atoms with Crippen molar-refractivity contribution in [1.82, 2.24) is 9.47 Å². The molecule has 1 unspecified atom stereocenters. The Labute approximate surface area is 123 Å². The number of carbonyl (C=O) groups excluding carboxylic acids is 1. The van der Waals surface area contributed by atoms with E-state index in [2.05, 4.69) is 0 Å². The highest BCUT2D eigenvalue weighted by atomic mass is 35.5. The van der Waals surface area contributed by atoms with E-state index in [1.807, 2.05) is 19.1 Å². The van der Waals surface area contributed by atoms with Crippen molar-refractivity contribution in [3.8, 4) is 5.75 Å². The summed E-state index contributed by atoms with van der Waals surface area (Å²) in [7, 11) is 3.54. The molecular formula is C15H17ClN2O2. The molecule has 0 aliphatic heterocycles. The van der Waals surface area contributed by atoms with Gasteiger partial charge in [0.2, 0.25) is 0 Å². The average molecular weight is 293 g/mol. The molecule has 2 rings (SSSR count). The number of hydrogen-bond acceptors (Lipinski definition) is 2. The molecule has 1 atom stereocenters. The summed E-state index contributed by atoms with van der Waals surface area (Å²) in [6.07, 6.45) is 1.70. The minimum absolute atomic E-state index is 0.0972. The van der Waals surface area contributed by atoms with Crippen molar-refractivity contribution in [2.24, 2.45) is 7.05 Å². The van der Waals surface area contributed by atoms with E-state index < -0.39 is 0 Å². The van der Waals surface area contributed by atoms with Gasteiger partial charge in [-0.25, -0.2) is 0 Å². The number of aryl methyl sites for hydroxylation is 1. The minimum atomic E-state index is -0.100. The Bertz CT molecular complexity index is 619. The molecule has 0 aliphatic rings. The average Bonchev–Trinajstić information content (AvgIpc) is 2.76. The van der Waals surface area contributed by atoms with Gasteiger partial charge in [-0.3, -0.25) is 4.79 Å². The molecule has 1 aromatic heterocycles. The lowest BCUT2D eigenvalue weighted by Crippen LogP contribution is -2.30.